The predicted molar refractivity (Wildman–Crippen MR) is 68.8 cm³/mol. The molecule has 0 unspecified atom stereocenters. The summed E-state index contributed by atoms with van der Waals surface area (Å²) in [4.78, 5) is 11.0. The molecule has 0 aliphatic heterocycles. The molecule has 4 heteroatoms. The van der Waals surface area contributed by atoms with Crippen molar-refractivity contribution in [3.8, 4) is 5.75 Å². The first-order valence-corrected chi connectivity index (χ1v) is 5.80. The van der Waals surface area contributed by atoms with E-state index in [0.717, 1.165) is 24.2 Å². The number of benzene rings is 1. The molecule has 0 saturated carbocycles. The van der Waals surface area contributed by atoms with Gasteiger partial charge in [0, 0.05) is 0 Å². The molecule has 0 saturated heterocycles. The first-order valence-electron chi connectivity index (χ1n) is 5.80. The van der Waals surface area contributed by atoms with Crippen molar-refractivity contribution in [3.63, 3.8) is 0 Å². The van der Waals surface area contributed by atoms with Gasteiger partial charge in [-0.2, -0.15) is 0 Å². The van der Waals surface area contributed by atoms with Crippen molar-refractivity contribution in [2.75, 3.05) is 20.3 Å². The monoisotopic (exact) mass is 250 g/mol. The van der Waals surface area contributed by atoms with Crippen LogP contribution in [0.4, 0.5) is 4.79 Å². The van der Waals surface area contributed by atoms with Gasteiger partial charge < -0.3 is 14.2 Å². The van der Waals surface area contributed by atoms with E-state index in [-0.39, 0.29) is 6.61 Å². The number of hydrogen-bond donors (Lipinski definition) is 0. The number of aryl methyl sites for hydroxylation is 1. The van der Waals surface area contributed by atoms with E-state index < -0.39 is 6.16 Å². The molecule has 98 valence electrons. The van der Waals surface area contributed by atoms with Gasteiger partial charge in [-0.15, -0.1) is 0 Å². The molecule has 4 nitrogen and oxygen atoms in total. The summed E-state index contributed by atoms with van der Waals surface area (Å²) < 4.78 is 14.8. The number of methoxy groups -OCH3 is 1. The Morgan fingerprint density at radius 1 is 1.33 bits per heavy atom. The standard InChI is InChI=1S/C14H18O4/c1-3-10-17-14(15)18-11-6-8-12-7-4-5-9-13(12)16-2/h3-5,7,9H,1,6,8,10-11H2,2H3. The van der Waals surface area contributed by atoms with E-state index in [9.17, 15) is 4.79 Å². The van der Waals surface area contributed by atoms with Crippen molar-refractivity contribution in [1.82, 2.24) is 0 Å². The van der Waals surface area contributed by atoms with Crippen LogP contribution in [0, 0.1) is 0 Å². The highest BCUT2D eigenvalue weighted by atomic mass is 16.7. The quantitative estimate of drug-likeness (QED) is 0.424. The van der Waals surface area contributed by atoms with Crippen molar-refractivity contribution in [2.24, 2.45) is 0 Å². The number of carbonyl (C=O) groups excluding carboxylic acids is 1. The van der Waals surface area contributed by atoms with E-state index in [2.05, 4.69) is 11.3 Å². The van der Waals surface area contributed by atoms with Crippen molar-refractivity contribution < 1.29 is 19.0 Å². The molecule has 0 aliphatic rings. The average molecular weight is 250 g/mol. The summed E-state index contributed by atoms with van der Waals surface area (Å²) in [6.07, 6.45) is 2.35. The average Bonchev–Trinajstić information content (AvgIpc) is 2.41. The Hall–Kier alpha value is -1.97. The topological polar surface area (TPSA) is 44.8 Å². The van der Waals surface area contributed by atoms with Gasteiger partial charge in [-0.1, -0.05) is 30.9 Å². The third kappa shape index (κ3) is 4.91. The summed E-state index contributed by atoms with van der Waals surface area (Å²) in [7, 11) is 1.64. The zero-order valence-electron chi connectivity index (χ0n) is 10.6. The van der Waals surface area contributed by atoms with Crippen LogP contribution in [-0.2, 0) is 15.9 Å². The van der Waals surface area contributed by atoms with E-state index in [1.807, 2.05) is 24.3 Å². The van der Waals surface area contributed by atoms with E-state index in [1.54, 1.807) is 7.11 Å². The van der Waals surface area contributed by atoms with Crippen molar-refractivity contribution in [2.45, 2.75) is 12.8 Å². The minimum Gasteiger partial charge on any atom is -0.496 e. The lowest BCUT2D eigenvalue weighted by Gasteiger charge is -2.08. The third-order valence-corrected chi connectivity index (χ3v) is 2.32. The van der Waals surface area contributed by atoms with Gasteiger partial charge in [-0.25, -0.2) is 4.79 Å². The van der Waals surface area contributed by atoms with Crippen LogP contribution >= 0.6 is 0 Å². The zero-order chi connectivity index (χ0) is 13.2. The summed E-state index contributed by atoms with van der Waals surface area (Å²) >= 11 is 0. The Kier molecular flexibility index (Phi) is 6.40. The minimum absolute atomic E-state index is 0.172. The molecule has 18 heavy (non-hydrogen) atoms. The second-order valence-electron chi connectivity index (χ2n) is 3.61. The maximum atomic E-state index is 11.0. The Bertz CT molecular complexity index is 387. The molecule has 0 spiro atoms. The van der Waals surface area contributed by atoms with Gasteiger partial charge in [-0.3, -0.25) is 0 Å². The normalized spacial score (nSPS) is 9.61. The smallest absolute Gasteiger partial charge is 0.496 e. The van der Waals surface area contributed by atoms with E-state index in [0.29, 0.717) is 6.61 Å². The molecule has 1 aromatic rings. The first kappa shape index (κ1) is 14.1. The van der Waals surface area contributed by atoms with Crippen LogP contribution in [0.1, 0.15) is 12.0 Å². The van der Waals surface area contributed by atoms with Gasteiger partial charge in [-0.05, 0) is 24.5 Å². The highest BCUT2D eigenvalue weighted by Gasteiger charge is 2.04. The number of hydrogen-bond acceptors (Lipinski definition) is 4. The molecule has 0 radical (unpaired) electrons. The van der Waals surface area contributed by atoms with Crippen LogP contribution in [0.2, 0.25) is 0 Å². The van der Waals surface area contributed by atoms with Gasteiger partial charge >= 0.3 is 6.16 Å². The van der Waals surface area contributed by atoms with Crippen molar-refractivity contribution in [3.05, 3.63) is 42.5 Å². The molecule has 0 N–H and O–H groups in total. The number of carbonyl (C=O) groups is 1. The fraction of sp³-hybridized carbons (Fsp3) is 0.357. The number of ether oxygens (including phenoxy) is 3. The Labute approximate surface area is 107 Å². The van der Waals surface area contributed by atoms with Crippen molar-refractivity contribution in [1.29, 1.82) is 0 Å². The van der Waals surface area contributed by atoms with E-state index >= 15 is 0 Å². The first-order chi connectivity index (χ1) is 8.77. The largest absolute Gasteiger partial charge is 0.508 e. The Morgan fingerprint density at radius 2 is 2.11 bits per heavy atom. The minimum atomic E-state index is -0.657. The lowest BCUT2D eigenvalue weighted by molar-refractivity contribution is 0.0625. The third-order valence-electron chi connectivity index (χ3n) is 2.32. The van der Waals surface area contributed by atoms with Crippen LogP contribution in [0.15, 0.2) is 36.9 Å². The van der Waals surface area contributed by atoms with Crippen LogP contribution < -0.4 is 4.74 Å². The predicted octanol–water partition coefficient (Wildman–Crippen LogP) is 2.97. The van der Waals surface area contributed by atoms with Crippen LogP contribution in [0.3, 0.4) is 0 Å². The summed E-state index contributed by atoms with van der Waals surface area (Å²) in [6, 6.07) is 7.78. The van der Waals surface area contributed by atoms with Crippen LogP contribution in [0.25, 0.3) is 0 Å². The van der Waals surface area contributed by atoms with Gasteiger partial charge in [0.25, 0.3) is 0 Å². The summed E-state index contributed by atoms with van der Waals surface area (Å²) in [5, 5.41) is 0. The molecule has 0 bridgehead atoms. The van der Waals surface area contributed by atoms with Gasteiger partial charge in [0.15, 0.2) is 0 Å². The second-order valence-corrected chi connectivity index (χ2v) is 3.61. The van der Waals surface area contributed by atoms with E-state index in [1.165, 1.54) is 6.08 Å². The maximum Gasteiger partial charge on any atom is 0.508 e. The molecule has 0 fully saturated rings. The van der Waals surface area contributed by atoms with Gasteiger partial charge in [0.1, 0.15) is 12.4 Å². The number of para-hydroxylation sites is 1. The van der Waals surface area contributed by atoms with Gasteiger partial charge in [0.05, 0.1) is 13.7 Å². The molecular formula is C14H18O4. The fourth-order valence-electron chi connectivity index (χ4n) is 1.50. The molecule has 1 rings (SSSR count). The maximum absolute atomic E-state index is 11.0. The van der Waals surface area contributed by atoms with Crippen LogP contribution in [-0.4, -0.2) is 26.5 Å². The number of rotatable bonds is 7. The summed E-state index contributed by atoms with van der Waals surface area (Å²) in [6.45, 7) is 3.94. The SMILES string of the molecule is C=CCOC(=O)OCCCc1ccccc1OC. The second kappa shape index (κ2) is 8.17. The lowest BCUT2D eigenvalue weighted by atomic mass is 10.1. The van der Waals surface area contributed by atoms with Crippen LogP contribution in [0.5, 0.6) is 5.75 Å². The Morgan fingerprint density at radius 3 is 2.83 bits per heavy atom. The molecule has 0 heterocycles. The molecular weight excluding hydrogens is 232 g/mol. The lowest BCUT2D eigenvalue weighted by Crippen LogP contribution is -2.09. The summed E-state index contributed by atoms with van der Waals surface area (Å²) in [5.74, 6) is 0.853. The van der Waals surface area contributed by atoms with E-state index in [4.69, 9.17) is 9.47 Å². The molecule has 1 aromatic carbocycles. The molecule has 0 aliphatic carbocycles. The zero-order valence-corrected chi connectivity index (χ0v) is 10.6. The Balaban J connectivity index is 2.25. The summed E-state index contributed by atoms with van der Waals surface area (Å²) in [5.41, 5.74) is 1.10. The highest BCUT2D eigenvalue weighted by molar-refractivity contribution is 5.59. The van der Waals surface area contributed by atoms with Crippen molar-refractivity contribution >= 4 is 6.16 Å². The van der Waals surface area contributed by atoms with Gasteiger partial charge in [0.2, 0.25) is 0 Å². The highest BCUT2D eigenvalue weighted by Crippen LogP contribution is 2.18. The molecule has 0 aromatic heterocycles. The molecule has 0 atom stereocenters. The fourth-order valence-corrected chi connectivity index (χ4v) is 1.50. The molecule has 0 amide bonds.